The van der Waals surface area contributed by atoms with Crippen molar-refractivity contribution in [2.24, 2.45) is 0 Å². The first-order valence-electron chi connectivity index (χ1n) is 7.41. The molecule has 0 aliphatic carbocycles. The highest BCUT2D eigenvalue weighted by Crippen LogP contribution is 2.20. The summed E-state index contributed by atoms with van der Waals surface area (Å²) in [6.07, 6.45) is 3.95. The number of alkyl halides is 2. The number of rotatable bonds is 6. The normalized spacial score (nSPS) is 11.0. The molecule has 1 heterocycles. The minimum Gasteiger partial charge on any atom is -0.435 e. The van der Waals surface area contributed by atoms with Crippen LogP contribution < -0.4 is 9.47 Å². The zero-order chi connectivity index (χ0) is 18.4. The van der Waals surface area contributed by atoms with Crippen LogP contribution >= 0.6 is 0 Å². The Bertz CT molecular complexity index is 877. The van der Waals surface area contributed by atoms with Crippen LogP contribution in [-0.2, 0) is 4.79 Å². The lowest BCUT2D eigenvalue weighted by atomic mass is 10.2. The first kappa shape index (κ1) is 17.3. The molecule has 132 valence electrons. The molecule has 6 nitrogen and oxygen atoms in total. The van der Waals surface area contributed by atoms with Crippen molar-refractivity contribution in [3.8, 4) is 23.0 Å². The van der Waals surface area contributed by atoms with E-state index in [9.17, 15) is 13.6 Å². The van der Waals surface area contributed by atoms with Gasteiger partial charge in [-0.2, -0.15) is 8.78 Å². The molecule has 0 N–H and O–H groups in total. The van der Waals surface area contributed by atoms with Gasteiger partial charge < -0.3 is 13.9 Å². The second kappa shape index (κ2) is 8.02. The van der Waals surface area contributed by atoms with Gasteiger partial charge in [0.05, 0.1) is 0 Å². The van der Waals surface area contributed by atoms with Crippen LogP contribution in [0.3, 0.4) is 0 Å². The molecule has 1 aromatic heterocycles. The van der Waals surface area contributed by atoms with Gasteiger partial charge in [-0.15, -0.1) is 10.2 Å². The maximum absolute atomic E-state index is 12.1. The number of halogens is 2. The number of esters is 1. The minimum absolute atomic E-state index is 0.0427. The van der Waals surface area contributed by atoms with Gasteiger partial charge >= 0.3 is 12.6 Å². The predicted octanol–water partition coefficient (Wildman–Crippen LogP) is 3.96. The summed E-state index contributed by atoms with van der Waals surface area (Å²) < 4.78 is 38.6. The van der Waals surface area contributed by atoms with Gasteiger partial charge in [-0.05, 0) is 48.0 Å². The number of ether oxygens (including phenoxy) is 2. The Morgan fingerprint density at radius 3 is 2.35 bits per heavy atom. The van der Waals surface area contributed by atoms with Gasteiger partial charge in [0, 0.05) is 11.6 Å². The Kier molecular flexibility index (Phi) is 5.33. The average Bonchev–Trinajstić information content (AvgIpc) is 3.16. The molecule has 0 unspecified atom stereocenters. The molecular formula is C18H12F2N2O4. The molecule has 0 aliphatic rings. The molecule has 0 spiro atoms. The van der Waals surface area contributed by atoms with E-state index in [-0.39, 0.29) is 5.75 Å². The van der Waals surface area contributed by atoms with Gasteiger partial charge in [0.2, 0.25) is 12.3 Å². The summed E-state index contributed by atoms with van der Waals surface area (Å²) in [4.78, 5) is 11.8. The maximum Gasteiger partial charge on any atom is 0.387 e. The summed E-state index contributed by atoms with van der Waals surface area (Å²) in [5.74, 6) is 0.176. The second-order valence-corrected chi connectivity index (χ2v) is 4.97. The lowest BCUT2D eigenvalue weighted by Gasteiger charge is -2.04. The van der Waals surface area contributed by atoms with Crippen molar-refractivity contribution in [2.45, 2.75) is 6.61 Å². The number of carbonyl (C=O) groups is 1. The molecule has 2 aromatic carbocycles. The SMILES string of the molecule is O=C(/C=C/c1ccc(OC(F)F)cc1)Oc1ccc(-c2nnco2)cc1. The van der Waals surface area contributed by atoms with E-state index in [0.717, 1.165) is 0 Å². The molecule has 0 saturated heterocycles. The van der Waals surface area contributed by atoms with Gasteiger partial charge in [-0.1, -0.05) is 12.1 Å². The Morgan fingerprint density at radius 1 is 1.04 bits per heavy atom. The highest BCUT2D eigenvalue weighted by Gasteiger charge is 2.06. The molecule has 0 atom stereocenters. The molecule has 0 aliphatic heterocycles. The van der Waals surface area contributed by atoms with Crippen molar-refractivity contribution in [2.75, 3.05) is 0 Å². The topological polar surface area (TPSA) is 74.5 Å². The number of nitrogens with zero attached hydrogens (tertiary/aromatic N) is 2. The average molecular weight is 358 g/mol. The van der Waals surface area contributed by atoms with E-state index in [1.807, 2.05) is 0 Å². The van der Waals surface area contributed by atoms with E-state index in [4.69, 9.17) is 9.15 Å². The number of hydrogen-bond acceptors (Lipinski definition) is 6. The quantitative estimate of drug-likeness (QED) is 0.377. The molecule has 0 fully saturated rings. The van der Waals surface area contributed by atoms with Crippen LogP contribution in [-0.4, -0.2) is 22.8 Å². The van der Waals surface area contributed by atoms with Gasteiger partial charge in [0.1, 0.15) is 11.5 Å². The van der Waals surface area contributed by atoms with Crippen molar-refractivity contribution < 1.29 is 27.5 Å². The van der Waals surface area contributed by atoms with Crippen LogP contribution in [0.1, 0.15) is 5.56 Å². The van der Waals surface area contributed by atoms with Crippen LogP contribution in [0, 0.1) is 0 Å². The zero-order valence-electron chi connectivity index (χ0n) is 13.2. The molecule has 0 saturated carbocycles. The maximum atomic E-state index is 12.1. The van der Waals surface area contributed by atoms with Crippen molar-refractivity contribution in [1.82, 2.24) is 10.2 Å². The van der Waals surface area contributed by atoms with E-state index >= 15 is 0 Å². The van der Waals surface area contributed by atoms with Gasteiger partial charge in [-0.3, -0.25) is 0 Å². The van der Waals surface area contributed by atoms with E-state index < -0.39 is 12.6 Å². The lowest BCUT2D eigenvalue weighted by Crippen LogP contribution is -2.03. The van der Waals surface area contributed by atoms with Crippen molar-refractivity contribution in [3.63, 3.8) is 0 Å². The summed E-state index contributed by atoms with van der Waals surface area (Å²) in [5.41, 5.74) is 1.33. The van der Waals surface area contributed by atoms with Crippen LogP contribution in [0.15, 0.2) is 65.4 Å². The standard InChI is InChI=1S/C18H12F2N2O4/c19-18(20)26-15-6-1-12(2-7-15)3-10-16(23)25-14-8-4-13(5-9-14)17-22-21-11-24-17/h1-11,18H/b10-3+. The molecular weight excluding hydrogens is 346 g/mol. The largest absolute Gasteiger partial charge is 0.435 e. The Morgan fingerprint density at radius 2 is 1.73 bits per heavy atom. The summed E-state index contributed by atoms with van der Waals surface area (Å²) in [5, 5.41) is 7.36. The molecule has 0 bridgehead atoms. The highest BCUT2D eigenvalue weighted by atomic mass is 19.3. The third-order valence-corrected chi connectivity index (χ3v) is 3.20. The fraction of sp³-hybridized carbons (Fsp3) is 0.0556. The fourth-order valence-electron chi connectivity index (χ4n) is 2.04. The summed E-state index contributed by atoms with van der Waals surface area (Å²) in [6.45, 7) is -2.88. The fourth-order valence-corrected chi connectivity index (χ4v) is 2.04. The van der Waals surface area contributed by atoms with Crippen LogP contribution in [0.4, 0.5) is 8.78 Å². The van der Waals surface area contributed by atoms with Crippen molar-refractivity contribution >= 4 is 12.0 Å². The van der Waals surface area contributed by atoms with Crippen LogP contribution in [0.2, 0.25) is 0 Å². The first-order chi connectivity index (χ1) is 12.6. The van der Waals surface area contributed by atoms with Gasteiger partial charge in [-0.25, -0.2) is 4.79 Å². The van der Waals surface area contributed by atoms with Gasteiger partial charge in [0.15, 0.2) is 0 Å². The lowest BCUT2D eigenvalue weighted by molar-refractivity contribution is -0.128. The molecule has 3 rings (SSSR count). The number of carbonyl (C=O) groups excluding carboxylic acids is 1. The van der Waals surface area contributed by atoms with E-state index in [1.165, 1.54) is 30.7 Å². The zero-order valence-corrected chi connectivity index (χ0v) is 13.2. The Balaban J connectivity index is 1.57. The Hall–Kier alpha value is -3.55. The monoisotopic (exact) mass is 358 g/mol. The number of aromatic nitrogens is 2. The van der Waals surface area contributed by atoms with Crippen molar-refractivity contribution in [3.05, 3.63) is 66.6 Å². The van der Waals surface area contributed by atoms with E-state index in [1.54, 1.807) is 36.4 Å². The molecule has 8 heteroatoms. The highest BCUT2D eigenvalue weighted by molar-refractivity contribution is 5.88. The molecule has 0 radical (unpaired) electrons. The second-order valence-electron chi connectivity index (χ2n) is 4.97. The summed E-state index contributed by atoms with van der Waals surface area (Å²) in [6, 6.07) is 12.4. The molecule has 26 heavy (non-hydrogen) atoms. The van der Waals surface area contributed by atoms with Crippen molar-refractivity contribution in [1.29, 1.82) is 0 Å². The third-order valence-electron chi connectivity index (χ3n) is 3.20. The van der Waals surface area contributed by atoms with Crippen LogP contribution in [0.5, 0.6) is 11.5 Å². The molecule has 0 amide bonds. The predicted molar refractivity (Wildman–Crippen MR) is 87.5 cm³/mol. The smallest absolute Gasteiger partial charge is 0.387 e. The number of benzene rings is 2. The summed E-state index contributed by atoms with van der Waals surface area (Å²) in [7, 11) is 0. The van der Waals surface area contributed by atoms with Crippen LogP contribution in [0.25, 0.3) is 17.5 Å². The van der Waals surface area contributed by atoms with E-state index in [0.29, 0.717) is 22.8 Å². The van der Waals surface area contributed by atoms with E-state index in [2.05, 4.69) is 14.9 Å². The minimum atomic E-state index is -2.88. The first-order valence-corrected chi connectivity index (χ1v) is 7.41. The third kappa shape index (κ3) is 4.73. The Labute approximate surface area is 146 Å². The molecule has 3 aromatic rings. The van der Waals surface area contributed by atoms with Gasteiger partial charge in [0.25, 0.3) is 0 Å². The summed E-state index contributed by atoms with van der Waals surface area (Å²) >= 11 is 0. The number of hydrogen-bond donors (Lipinski definition) is 0.